The quantitative estimate of drug-likeness (QED) is 0.0752. The van der Waals surface area contributed by atoms with E-state index in [-0.39, 0.29) is 37.6 Å². The molecule has 0 aromatic rings. The van der Waals surface area contributed by atoms with Crippen molar-refractivity contribution in [3.8, 4) is 0 Å². The molecule has 0 aromatic carbocycles. The normalized spacial score (nSPS) is 19.1. The number of nitrogens with zero attached hydrogens (tertiary/aromatic N) is 2. The Hall–Kier alpha value is -4.90. The van der Waals surface area contributed by atoms with Crippen molar-refractivity contribution in [2.75, 3.05) is 0 Å². The Balaban J connectivity index is 1.67. The van der Waals surface area contributed by atoms with E-state index in [0.717, 1.165) is 13.8 Å². The minimum Gasteiger partial charge on any atom is -0.442 e. The molecule has 2 aliphatic heterocycles. The number of ether oxygens (including phenoxy) is 2. The number of amides is 6. The molecule has 2 rings (SSSR count). The van der Waals surface area contributed by atoms with Gasteiger partial charge >= 0.3 is 11.9 Å². The van der Waals surface area contributed by atoms with Crippen molar-refractivity contribution < 1.29 is 47.8 Å². The highest BCUT2D eigenvalue weighted by Crippen LogP contribution is 2.02. The molecule has 6 N–H and O–H groups in total. The monoisotopic (exact) mass is 510 g/mol. The maximum atomic E-state index is 11.8. The first-order valence-corrected chi connectivity index (χ1v) is 10.3. The molecule has 0 saturated carbocycles. The van der Waals surface area contributed by atoms with Gasteiger partial charge in [0, 0.05) is 26.7 Å². The van der Waals surface area contributed by atoms with E-state index in [4.69, 9.17) is 0 Å². The van der Waals surface area contributed by atoms with E-state index in [2.05, 4.69) is 51.8 Å². The van der Waals surface area contributed by atoms with E-state index in [1.165, 1.54) is 0 Å². The molecule has 6 amide bonds. The smallest absolute Gasteiger partial charge is 0.303 e. The molecule has 194 valence electrons. The Labute approximate surface area is 201 Å². The highest BCUT2D eigenvalue weighted by atomic mass is 16.6. The largest absolute Gasteiger partial charge is 0.442 e. The van der Waals surface area contributed by atoms with Crippen molar-refractivity contribution in [1.82, 2.24) is 32.1 Å². The van der Waals surface area contributed by atoms with Crippen molar-refractivity contribution in [3.63, 3.8) is 0 Å². The van der Waals surface area contributed by atoms with Gasteiger partial charge in [0.25, 0.3) is 35.8 Å². The number of hydrogen-bond acceptors (Lipinski definition) is 12. The van der Waals surface area contributed by atoms with Crippen LogP contribution in [-0.4, -0.2) is 71.5 Å². The Bertz CT molecular complexity index is 930. The topological polar surface area (TPSA) is 252 Å². The average Bonchev–Trinajstić information content (AvgIpc) is 2.78. The van der Waals surface area contributed by atoms with Crippen LogP contribution in [0.25, 0.3) is 0 Å². The van der Waals surface area contributed by atoms with E-state index in [1.54, 1.807) is 0 Å². The van der Waals surface area contributed by atoms with Crippen LogP contribution >= 0.6 is 0 Å². The van der Waals surface area contributed by atoms with Gasteiger partial charge in [0.1, 0.15) is 0 Å². The van der Waals surface area contributed by atoms with Crippen LogP contribution in [0.5, 0.6) is 0 Å². The highest BCUT2D eigenvalue weighted by molar-refractivity contribution is 6.20. The first-order chi connectivity index (χ1) is 17.0. The van der Waals surface area contributed by atoms with E-state index in [0.29, 0.717) is 0 Å². The predicted molar refractivity (Wildman–Crippen MR) is 113 cm³/mol. The fraction of sp³-hybridized carbons (Fsp3) is 0.444. The minimum atomic E-state index is -1.67. The van der Waals surface area contributed by atoms with Gasteiger partial charge in [-0.2, -0.15) is 0 Å². The second-order valence-corrected chi connectivity index (χ2v) is 7.13. The molecule has 18 nitrogen and oxygen atoms in total. The van der Waals surface area contributed by atoms with Crippen LogP contribution in [0.4, 0.5) is 0 Å². The van der Waals surface area contributed by atoms with E-state index >= 15 is 0 Å². The molecule has 2 saturated heterocycles. The molecule has 0 atom stereocenters. The summed E-state index contributed by atoms with van der Waals surface area (Å²) in [5.74, 6) is -7.29. The van der Waals surface area contributed by atoms with Crippen LogP contribution < -0.4 is 32.1 Å². The fourth-order valence-corrected chi connectivity index (χ4v) is 2.61. The number of hydrazone groups is 2. The zero-order chi connectivity index (χ0) is 26.8. The molecule has 0 radical (unpaired) electrons. The van der Waals surface area contributed by atoms with E-state index < -0.39 is 59.6 Å². The molecule has 2 aliphatic rings. The second kappa shape index (κ2) is 12.5. The number of carbonyl (C=O) groups excluding carboxylic acids is 8. The number of unbranched alkanes of at least 4 members (excludes halogenated alkanes) is 1. The second-order valence-electron chi connectivity index (χ2n) is 7.13. The lowest BCUT2D eigenvalue weighted by atomic mass is 10.2. The molecule has 0 aromatic heterocycles. The Morgan fingerprint density at radius 3 is 1.25 bits per heavy atom. The van der Waals surface area contributed by atoms with Crippen molar-refractivity contribution in [1.29, 1.82) is 0 Å². The zero-order valence-corrected chi connectivity index (χ0v) is 19.0. The lowest BCUT2D eigenvalue weighted by Crippen LogP contribution is -2.61. The van der Waals surface area contributed by atoms with Crippen LogP contribution in [0, 0.1) is 0 Å². The standard InChI is InChI=1S/C18H22N8O10/c1-7(27)35-11-13(31)19-17(20-14(11)32)25-23-9(29)5-3-4-6-10(30)24-26-18-21-15(33)12(16(34)22-18)36-8(2)28/h11-12H,3-6H2,1-2H3,(H,23,29)(H,24,30)(H2,19,20,25,31,32)(H2,21,22,26,33,34). The minimum absolute atomic E-state index is 0.0554. The molecular formula is C18H22N8O10. The van der Waals surface area contributed by atoms with Crippen molar-refractivity contribution in [3.05, 3.63) is 0 Å². The first-order valence-electron chi connectivity index (χ1n) is 10.3. The fourth-order valence-electron chi connectivity index (χ4n) is 2.61. The number of rotatable bonds is 9. The summed E-state index contributed by atoms with van der Waals surface area (Å²) in [4.78, 5) is 92.5. The lowest BCUT2D eigenvalue weighted by molar-refractivity contribution is -0.160. The Morgan fingerprint density at radius 1 is 0.667 bits per heavy atom. The lowest BCUT2D eigenvalue weighted by Gasteiger charge is -2.22. The number of guanidine groups is 2. The molecule has 0 unspecified atom stereocenters. The van der Waals surface area contributed by atoms with Gasteiger partial charge in [-0.3, -0.25) is 59.6 Å². The van der Waals surface area contributed by atoms with Gasteiger partial charge in [-0.25, -0.2) is 10.9 Å². The number of carbonyl (C=O) groups is 8. The third-order valence-corrected chi connectivity index (χ3v) is 4.13. The van der Waals surface area contributed by atoms with Gasteiger partial charge in [0.2, 0.25) is 23.7 Å². The summed E-state index contributed by atoms with van der Waals surface area (Å²) in [7, 11) is 0. The van der Waals surface area contributed by atoms with Crippen LogP contribution in [0.15, 0.2) is 10.2 Å². The molecule has 0 spiro atoms. The van der Waals surface area contributed by atoms with Crippen molar-refractivity contribution in [2.45, 2.75) is 51.7 Å². The summed E-state index contributed by atoms with van der Waals surface area (Å²) in [5.41, 5.74) is 4.21. The van der Waals surface area contributed by atoms with Gasteiger partial charge in [0.05, 0.1) is 0 Å². The Kier molecular flexibility index (Phi) is 9.52. The highest BCUT2D eigenvalue weighted by Gasteiger charge is 2.37. The number of nitrogens with one attached hydrogen (secondary N) is 6. The van der Waals surface area contributed by atoms with Crippen LogP contribution in [-0.2, 0) is 47.8 Å². The summed E-state index contributed by atoms with van der Waals surface area (Å²) >= 11 is 0. The summed E-state index contributed by atoms with van der Waals surface area (Å²) in [6.45, 7) is 2.06. The average molecular weight is 510 g/mol. The van der Waals surface area contributed by atoms with E-state index in [1.807, 2.05) is 0 Å². The molecule has 36 heavy (non-hydrogen) atoms. The zero-order valence-electron chi connectivity index (χ0n) is 19.0. The summed E-state index contributed by atoms with van der Waals surface area (Å²) < 4.78 is 9.11. The summed E-state index contributed by atoms with van der Waals surface area (Å²) in [5, 5.41) is 15.7. The molecule has 2 heterocycles. The molecular weight excluding hydrogens is 488 g/mol. The summed E-state index contributed by atoms with van der Waals surface area (Å²) in [6, 6.07) is 0. The van der Waals surface area contributed by atoms with Gasteiger partial charge in [-0.05, 0) is 12.8 Å². The van der Waals surface area contributed by atoms with Gasteiger partial charge in [0.15, 0.2) is 0 Å². The maximum Gasteiger partial charge on any atom is 0.303 e. The van der Waals surface area contributed by atoms with Crippen molar-refractivity contribution >= 4 is 59.3 Å². The molecule has 18 heteroatoms. The van der Waals surface area contributed by atoms with E-state index in [9.17, 15) is 38.4 Å². The van der Waals surface area contributed by atoms with Gasteiger partial charge in [-0.1, -0.05) is 0 Å². The predicted octanol–water partition coefficient (Wildman–Crippen LogP) is -4.32. The number of esters is 2. The van der Waals surface area contributed by atoms with Gasteiger partial charge in [-0.15, -0.1) is 10.2 Å². The third kappa shape index (κ3) is 8.47. The maximum absolute atomic E-state index is 11.8. The SMILES string of the molecule is CC(=O)OC1C(=O)NC(=NNC(=O)CCCCC(=O)NN=C2NC(=O)C(OC(C)=O)C(=O)N2)NC1=O. The summed E-state index contributed by atoms with van der Waals surface area (Å²) in [6.07, 6.45) is -2.94. The van der Waals surface area contributed by atoms with Crippen LogP contribution in [0.1, 0.15) is 39.5 Å². The van der Waals surface area contributed by atoms with Gasteiger partial charge < -0.3 is 9.47 Å². The van der Waals surface area contributed by atoms with Crippen molar-refractivity contribution in [2.24, 2.45) is 10.2 Å². The third-order valence-electron chi connectivity index (χ3n) is 4.13. The van der Waals surface area contributed by atoms with Crippen LogP contribution in [0.2, 0.25) is 0 Å². The Morgan fingerprint density at radius 2 is 0.972 bits per heavy atom. The molecule has 0 bridgehead atoms. The molecule has 2 fully saturated rings. The molecule has 0 aliphatic carbocycles. The first kappa shape index (κ1) is 27.3. The number of hydrogen-bond donors (Lipinski definition) is 6. The van der Waals surface area contributed by atoms with Crippen LogP contribution in [0.3, 0.4) is 0 Å².